The van der Waals surface area contributed by atoms with Crippen LogP contribution in [-0.4, -0.2) is 50.7 Å². The molecule has 0 spiro atoms. The standard InChI is InChI=1S/C13H25NO4/c1-5-11(2)10-12(15)14(8-9-17-3)7-6-13(16)18-4/h11H,5-10H2,1-4H3. The summed E-state index contributed by atoms with van der Waals surface area (Å²) in [5.74, 6) is 0.139. The van der Waals surface area contributed by atoms with Crippen molar-refractivity contribution in [1.29, 1.82) is 0 Å². The van der Waals surface area contributed by atoms with Gasteiger partial charge in [0.15, 0.2) is 0 Å². The highest BCUT2D eigenvalue weighted by Crippen LogP contribution is 2.09. The fraction of sp³-hybridized carbons (Fsp3) is 0.846. The Labute approximate surface area is 109 Å². The third-order valence-corrected chi connectivity index (χ3v) is 2.95. The molecule has 5 nitrogen and oxygen atoms in total. The van der Waals surface area contributed by atoms with E-state index in [0.29, 0.717) is 32.0 Å². The zero-order valence-corrected chi connectivity index (χ0v) is 11.9. The van der Waals surface area contributed by atoms with Crippen molar-refractivity contribution in [2.75, 3.05) is 33.9 Å². The third-order valence-electron chi connectivity index (χ3n) is 2.95. The Morgan fingerprint density at radius 2 is 1.89 bits per heavy atom. The maximum atomic E-state index is 12.0. The van der Waals surface area contributed by atoms with Crippen molar-refractivity contribution in [2.24, 2.45) is 5.92 Å². The molecule has 106 valence electrons. The van der Waals surface area contributed by atoms with Gasteiger partial charge in [-0.1, -0.05) is 20.3 Å². The smallest absolute Gasteiger partial charge is 0.307 e. The Bertz CT molecular complexity index is 255. The minimum Gasteiger partial charge on any atom is -0.469 e. The monoisotopic (exact) mass is 259 g/mol. The average Bonchev–Trinajstić information content (AvgIpc) is 2.37. The van der Waals surface area contributed by atoms with Crippen LogP contribution >= 0.6 is 0 Å². The molecule has 5 heteroatoms. The van der Waals surface area contributed by atoms with Gasteiger partial charge in [0.25, 0.3) is 0 Å². The summed E-state index contributed by atoms with van der Waals surface area (Å²) in [6.45, 7) is 5.50. The van der Waals surface area contributed by atoms with Crippen molar-refractivity contribution in [3.05, 3.63) is 0 Å². The first-order valence-corrected chi connectivity index (χ1v) is 6.38. The van der Waals surface area contributed by atoms with Crippen molar-refractivity contribution in [1.82, 2.24) is 4.90 Å². The molecule has 0 saturated heterocycles. The Hall–Kier alpha value is -1.10. The molecule has 0 radical (unpaired) electrons. The van der Waals surface area contributed by atoms with Gasteiger partial charge in [0, 0.05) is 26.6 Å². The third kappa shape index (κ3) is 7.27. The van der Waals surface area contributed by atoms with Gasteiger partial charge < -0.3 is 14.4 Å². The van der Waals surface area contributed by atoms with Gasteiger partial charge in [-0.15, -0.1) is 0 Å². The van der Waals surface area contributed by atoms with Crippen molar-refractivity contribution >= 4 is 11.9 Å². The summed E-state index contributed by atoms with van der Waals surface area (Å²) in [6, 6.07) is 0. The van der Waals surface area contributed by atoms with Crippen molar-refractivity contribution < 1.29 is 19.1 Å². The van der Waals surface area contributed by atoms with E-state index in [9.17, 15) is 9.59 Å². The lowest BCUT2D eigenvalue weighted by Crippen LogP contribution is -2.36. The molecule has 0 aliphatic carbocycles. The van der Waals surface area contributed by atoms with E-state index in [1.807, 2.05) is 6.92 Å². The van der Waals surface area contributed by atoms with Gasteiger partial charge in [0.05, 0.1) is 20.1 Å². The Morgan fingerprint density at radius 3 is 2.39 bits per heavy atom. The highest BCUT2D eigenvalue weighted by atomic mass is 16.5. The van der Waals surface area contributed by atoms with E-state index in [0.717, 1.165) is 6.42 Å². The average molecular weight is 259 g/mol. The number of hydrogen-bond acceptors (Lipinski definition) is 4. The first-order valence-electron chi connectivity index (χ1n) is 6.38. The summed E-state index contributed by atoms with van der Waals surface area (Å²) < 4.78 is 9.56. The second-order valence-corrected chi connectivity index (χ2v) is 4.42. The molecular formula is C13H25NO4. The zero-order valence-electron chi connectivity index (χ0n) is 11.9. The molecule has 0 aromatic carbocycles. The van der Waals surface area contributed by atoms with Crippen LogP contribution in [0.1, 0.15) is 33.1 Å². The minimum atomic E-state index is -0.297. The number of nitrogens with zero attached hydrogens (tertiary/aromatic N) is 1. The quantitative estimate of drug-likeness (QED) is 0.588. The topological polar surface area (TPSA) is 55.8 Å². The number of ether oxygens (including phenoxy) is 2. The molecule has 1 amide bonds. The number of hydrogen-bond donors (Lipinski definition) is 0. The van der Waals surface area contributed by atoms with Gasteiger partial charge in [-0.05, 0) is 5.92 Å². The summed E-state index contributed by atoms with van der Waals surface area (Å²) >= 11 is 0. The molecule has 0 saturated carbocycles. The second-order valence-electron chi connectivity index (χ2n) is 4.42. The lowest BCUT2D eigenvalue weighted by Gasteiger charge is -2.23. The van der Waals surface area contributed by atoms with Gasteiger partial charge in [0.1, 0.15) is 0 Å². The van der Waals surface area contributed by atoms with Crippen molar-refractivity contribution in [3.8, 4) is 0 Å². The zero-order chi connectivity index (χ0) is 14.0. The fourth-order valence-corrected chi connectivity index (χ4v) is 1.46. The maximum Gasteiger partial charge on any atom is 0.307 e. The van der Waals surface area contributed by atoms with E-state index >= 15 is 0 Å². The van der Waals surface area contributed by atoms with Crippen LogP contribution in [0.2, 0.25) is 0 Å². The number of esters is 1. The summed E-state index contributed by atoms with van der Waals surface area (Å²) in [7, 11) is 2.94. The molecule has 0 rings (SSSR count). The SMILES string of the molecule is CCC(C)CC(=O)N(CCOC)CCC(=O)OC. The highest BCUT2D eigenvalue weighted by Gasteiger charge is 2.16. The van der Waals surface area contributed by atoms with Gasteiger partial charge in [-0.2, -0.15) is 0 Å². The van der Waals surface area contributed by atoms with E-state index in [2.05, 4.69) is 11.7 Å². The fourth-order valence-electron chi connectivity index (χ4n) is 1.46. The van der Waals surface area contributed by atoms with Crippen LogP contribution < -0.4 is 0 Å². The molecule has 18 heavy (non-hydrogen) atoms. The number of methoxy groups -OCH3 is 2. The molecule has 0 bridgehead atoms. The Kier molecular flexibility index (Phi) is 9.28. The predicted octanol–water partition coefficient (Wildman–Crippen LogP) is 1.46. The van der Waals surface area contributed by atoms with E-state index < -0.39 is 0 Å². The van der Waals surface area contributed by atoms with Gasteiger partial charge in [-0.3, -0.25) is 9.59 Å². The molecule has 0 aromatic heterocycles. The summed E-state index contributed by atoms with van der Waals surface area (Å²) in [4.78, 5) is 24.8. The number of rotatable bonds is 9. The molecule has 0 fully saturated rings. The van der Waals surface area contributed by atoms with Crippen LogP contribution in [0.4, 0.5) is 0 Å². The minimum absolute atomic E-state index is 0.0744. The normalized spacial score (nSPS) is 12.0. The Balaban J connectivity index is 4.27. The molecule has 0 heterocycles. The second kappa shape index (κ2) is 9.88. The lowest BCUT2D eigenvalue weighted by molar-refractivity contribution is -0.142. The van der Waals surface area contributed by atoms with Crippen LogP contribution in [0.25, 0.3) is 0 Å². The molecule has 1 atom stereocenters. The first kappa shape index (κ1) is 16.9. The highest BCUT2D eigenvalue weighted by molar-refractivity contribution is 5.77. The lowest BCUT2D eigenvalue weighted by atomic mass is 10.0. The molecule has 0 aliphatic rings. The molecule has 0 N–H and O–H groups in total. The maximum absolute atomic E-state index is 12.0. The van der Waals surface area contributed by atoms with Crippen LogP contribution in [0.3, 0.4) is 0 Å². The van der Waals surface area contributed by atoms with Crippen LogP contribution in [0.15, 0.2) is 0 Å². The number of carbonyl (C=O) groups excluding carboxylic acids is 2. The van der Waals surface area contributed by atoms with E-state index in [-0.39, 0.29) is 18.3 Å². The molecular weight excluding hydrogens is 234 g/mol. The summed E-state index contributed by atoms with van der Waals surface area (Å²) in [6.07, 6.45) is 1.72. The largest absolute Gasteiger partial charge is 0.469 e. The molecule has 1 unspecified atom stereocenters. The van der Waals surface area contributed by atoms with Gasteiger partial charge in [-0.25, -0.2) is 0 Å². The molecule has 0 aliphatic heterocycles. The van der Waals surface area contributed by atoms with E-state index in [4.69, 9.17) is 4.74 Å². The number of carbonyl (C=O) groups is 2. The number of amides is 1. The summed E-state index contributed by atoms with van der Waals surface area (Å²) in [5, 5.41) is 0. The van der Waals surface area contributed by atoms with Gasteiger partial charge in [0.2, 0.25) is 5.91 Å². The Morgan fingerprint density at radius 1 is 1.22 bits per heavy atom. The van der Waals surface area contributed by atoms with Crippen LogP contribution in [0.5, 0.6) is 0 Å². The van der Waals surface area contributed by atoms with Crippen molar-refractivity contribution in [3.63, 3.8) is 0 Å². The van der Waals surface area contributed by atoms with Gasteiger partial charge >= 0.3 is 5.97 Å². The van der Waals surface area contributed by atoms with Crippen LogP contribution in [0, 0.1) is 5.92 Å². The van der Waals surface area contributed by atoms with Crippen LogP contribution in [-0.2, 0) is 19.1 Å². The summed E-state index contributed by atoms with van der Waals surface area (Å²) in [5.41, 5.74) is 0. The predicted molar refractivity (Wildman–Crippen MR) is 69.2 cm³/mol. The molecule has 0 aromatic rings. The first-order chi connectivity index (χ1) is 8.54. The van der Waals surface area contributed by atoms with Crippen molar-refractivity contribution in [2.45, 2.75) is 33.1 Å². The van der Waals surface area contributed by atoms with E-state index in [1.165, 1.54) is 7.11 Å². The van der Waals surface area contributed by atoms with E-state index in [1.54, 1.807) is 12.0 Å².